The van der Waals surface area contributed by atoms with Crippen LogP contribution in [0.4, 0.5) is 4.79 Å². The highest BCUT2D eigenvalue weighted by atomic mass is 16.9. The highest BCUT2D eigenvalue weighted by Gasteiger charge is 2.65. The molecule has 0 radical (unpaired) electrons. The van der Waals surface area contributed by atoms with Gasteiger partial charge in [-0.3, -0.25) is 0 Å². The second kappa shape index (κ2) is 6.35. The molecule has 1 unspecified atom stereocenters. The van der Waals surface area contributed by atoms with E-state index in [0.717, 1.165) is 0 Å². The van der Waals surface area contributed by atoms with Gasteiger partial charge in [-0.15, -0.1) is 11.6 Å². The molecule has 1 saturated heterocycles. The van der Waals surface area contributed by atoms with Crippen molar-refractivity contribution in [2.75, 3.05) is 0 Å². The Balaban J connectivity index is 3.02. The molecule has 1 aliphatic heterocycles. The number of carbonyl (C=O) groups excluding carboxylic acids is 2. The molecule has 8 heteroatoms. The van der Waals surface area contributed by atoms with Gasteiger partial charge in [0.2, 0.25) is 0 Å². The Morgan fingerprint density at radius 1 is 1.50 bits per heavy atom. The van der Waals surface area contributed by atoms with Crippen molar-refractivity contribution < 1.29 is 29.1 Å². The summed E-state index contributed by atoms with van der Waals surface area (Å²) in [7, 11) is 0. The van der Waals surface area contributed by atoms with Gasteiger partial charge >= 0.3 is 18.0 Å². The lowest BCUT2D eigenvalue weighted by atomic mass is 9.90. The number of nitrogens with zero attached hydrogens (tertiary/aromatic N) is 1. The summed E-state index contributed by atoms with van der Waals surface area (Å²) < 4.78 is 5.15. The monoisotopic (exact) mass is 314 g/mol. The van der Waals surface area contributed by atoms with Crippen LogP contribution in [0.3, 0.4) is 0 Å². The van der Waals surface area contributed by atoms with Crippen molar-refractivity contribution >= 4 is 18.0 Å². The number of rotatable bonds is 8. The number of carboxylic acids is 1. The van der Waals surface area contributed by atoms with Gasteiger partial charge in [0.05, 0.1) is 0 Å². The lowest BCUT2D eigenvalue weighted by molar-refractivity contribution is -0.181. The minimum Gasteiger partial charge on any atom is -0.479 e. The number of nitrogens with two attached hydrogens (primary N) is 1. The molecule has 0 saturated carbocycles. The van der Waals surface area contributed by atoms with E-state index in [9.17, 15) is 19.5 Å². The first-order valence-electron chi connectivity index (χ1n) is 6.90. The van der Waals surface area contributed by atoms with Crippen molar-refractivity contribution in [2.24, 2.45) is 5.73 Å². The van der Waals surface area contributed by atoms with Crippen LogP contribution in [0.25, 0.3) is 0 Å². The number of esters is 1. The summed E-state index contributed by atoms with van der Waals surface area (Å²) in [6, 6.07) is -0.381. The molecule has 0 spiro atoms. The molecular formula is C14H22N2O6. The number of hydrogen-bond donors (Lipinski definition) is 2. The highest BCUT2D eigenvalue weighted by molar-refractivity contribution is 6.08. The molecule has 3 N–H and O–H groups in total. The first-order chi connectivity index (χ1) is 10.0. The van der Waals surface area contributed by atoms with E-state index >= 15 is 0 Å². The van der Waals surface area contributed by atoms with Crippen molar-refractivity contribution in [1.29, 1.82) is 0 Å². The predicted molar refractivity (Wildman–Crippen MR) is 76.6 cm³/mol. The Morgan fingerprint density at radius 3 is 2.41 bits per heavy atom. The highest BCUT2D eigenvalue weighted by Crippen LogP contribution is 2.34. The van der Waals surface area contributed by atoms with Gasteiger partial charge in [0.1, 0.15) is 5.60 Å². The normalized spacial score (nSPS) is 18.0. The van der Waals surface area contributed by atoms with Gasteiger partial charge in [-0.05, 0) is 40.0 Å². The third-order valence-electron chi connectivity index (χ3n) is 3.09. The minimum absolute atomic E-state index is 0.185. The molecule has 1 fully saturated rings. The molecule has 22 heavy (non-hydrogen) atoms. The molecule has 1 amide bonds. The largest absolute Gasteiger partial charge is 0.479 e. The second-order valence-electron chi connectivity index (χ2n) is 6.14. The molecule has 0 aromatic rings. The summed E-state index contributed by atoms with van der Waals surface area (Å²) in [4.78, 5) is 39.9. The topological polar surface area (TPSA) is 122 Å². The number of carbonyl (C=O) groups is 3. The number of hydroxylamine groups is 2. The van der Waals surface area contributed by atoms with Gasteiger partial charge in [0.15, 0.2) is 0 Å². The molecular weight excluding hydrogens is 292 g/mol. The van der Waals surface area contributed by atoms with Crippen LogP contribution in [0.1, 0.15) is 40.0 Å². The number of amides is 1. The second-order valence-corrected chi connectivity index (χ2v) is 6.14. The van der Waals surface area contributed by atoms with E-state index in [1.54, 1.807) is 26.8 Å². The van der Waals surface area contributed by atoms with Crippen LogP contribution in [-0.2, 0) is 19.2 Å². The van der Waals surface area contributed by atoms with Crippen molar-refractivity contribution in [3.05, 3.63) is 12.7 Å². The summed E-state index contributed by atoms with van der Waals surface area (Å²) >= 11 is 0. The molecule has 1 rings (SSSR count). The first kappa shape index (κ1) is 18.0. The number of ether oxygens (including phenoxy) is 1. The van der Waals surface area contributed by atoms with E-state index in [1.165, 1.54) is 0 Å². The third-order valence-corrected chi connectivity index (χ3v) is 3.09. The lowest BCUT2D eigenvalue weighted by Gasteiger charge is -2.29. The zero-order chi connectivity index (χ0) is 17.1. The van der Waals surface area contributed by atoms with Gasteiger partial charge in [-0.1, -0.05) is 6.08 Å². The molecule has 1 heterocycles. The van der Waals surface area contributed by atoms with Crippen LogP contribution in [0.5, 0.6) is 0 Å². The van der Waals surface area contributed by atoms with E-state index in [2.05, 4.69) is 11.4 Å². The van der Waals surface area contributed by atoms with Crippen molar-refractivity contribution in [1.82, 2.24) is 5.06 Å². The maximum atomic E-state index is 12.4. The smallest absolute Gasteiger partial charge is 0.469 e. The summed E-state index contributed by atoms with van der Waals surface area (Å²) in [5.74, 6) is -2.57. The van der Waals surface area contributed by atoms with Crippen LogP contribution in [0, 0.1) is 0 Å². The minimum atomic E-state index is -2.22. The lowest BCUT2D eigenvalue weighted by Crippen LogP contribution is -2.56. The Bertz CT molecular complexity index is 484. The molecule has 1 aliphatic rings. The van der Waals surface area contributed by atoms with Crippen molar-refractivity contribution in [3.63, 3.8) is 0 Å². The van der Waals surface area contributed by atoms with E-state index in [-0.39, 0.29) is 18.9 Å². The van der Waals surface area contributed by atoms with E-state index in [1.807, 2.05) is 0 Å². The summed E-state index contributed by atoms with van der Waals surface area (Å²) in [6.45, 7) is 8.36. The fourth-order valence-electron chi connectivity index (χ4n) is 1.95. The quantitative estimate of drug-likeness (QED) is 0.299. The molecule has 0 bridgehead atoms. The van der Waals surface area contributed by atoms with Crippen LogP contribution in [-0.4, -0.2) is 45.4 Å². The maximum absolute atomic E-state index is 12.4. The fraction of sp³-hybridized carbons (Fsp3) is 0.643. The molecule has 124 valence electrons. The fourth-order valence-corrected chi connectivity index (χ4v) is 1.95. The van der Waals surface area contributed by atoms with Crippen LogP contribution in [0.2, 0.25) is 0 Å². The van der Waals surface area contributed by atoms with Gasteiger partial charge in [0.25, 0.3) is 5.54 Å². The van der Waals surface area contributed by atoms with Crippen molar-refractivity contribution in [2.45, 2.75) is 57.2 Å². The number of aliphatic carboxylic acids is 1. The SMILES string of the molecule is C=CCC(N)CC[C@](C(=O)O)(C(=O)OC(C)(C)C)N1OC1=O. The van der Waals surface area contributed by atoms with Crippen LogP contribution >= 0.6 is 0 Å². The molecule has 0 aromatic carbocycles. The molecule has 0 aromatic heterocycles. The number of carboxylic acid groups (broad SMARTS) is 1. The summed E-state index contributed by atoms with van der Waals surface area (Å²) in [5.41, 5.74) is 2.69. The average Bonchev–Trinajstić information content (AvgIpc) is 3.05. The maximum Gasteiger partial charge on any atom is 0.469 e. The van der Waals surface area contributed by atoms with Gasteiger partial charge in [-0.2, -0.15) is 0 Å². The Kier molecular flexibility index (Phi) is 5.18. The zero-order valence-corrected chi connectivity index (χ0v) is 13.0. The standard InChI is InChI=1S/C14H22N2O6/c1-5-6-9(15)7-8-14(10(17)18,16-12(20)22-16)11(19)21-13(2,3)4/h5,9H,1,6-8,15H2,2-4H3,(H,17,18)/t9?,14-,16?/m0/s1. The molecule has 8 nitrogen and oxygen atoms in total. The average molecular weight is 314 g/mol. The Morgan fingerprint density at radius 2 is 2.05 bits per heavy atom. The van der Waals surface area contributed by atoms with Gasteiger partial charge < -0.3 is 20.4 Å². The Labute approximate surface area is 128 Å². The summed E-state index contributed by atoms with van der Waals surface area (Å²) in [6.07, 6.45) is 1.15. The van der Waals surface area contributed by atoms with Gasteiger partial charge in [0, 0.05) is 6.04 Å². The third kappa shape index (κ3) is 3.97. The zero-order valence-electron chi connectivity index (χ0n) is 13.0. The predicted octanol–water partition coefficient (Wildman–Crippen LogP) is 1.20. The molecule has 0 aliphatic carbocycles. The first-order valence-corrected chi connectivity index (χ1v) is 6.90. The molecule has 2 atom stereocenters. The van der Waals surface area contributed by atoms with Gasteiger partial charge in [-0.25, -0.2) is 14.4 Å². The van der Waals surface area contributed by atoms with E-state index < -0.39 is 29.2 Å². The van der Waals surface area contributed by atoms with Crippen molar-refractivity contribution in [3.8, 4) is 0 Å². The van der Waals surface area contributed by atoms with Crippen LogP contribution in [0.15, 0.2) is 12.7 Å². The van der Waals surface area contributed by atoms with E-state index in [0.29, 0.717) is 11.5 Å². The number of hydrogen-bond acceptors (Lipinski definition) is 6. The summed E-state index contributed by atoms with van der Waals surface area (Å²) in [5, 5.41) is 10.1. The Hall–Kier alpha value is -2.09. The van der Waals surface area contributed by atoms with Crippen LogP contribution < -0.4 is 5.73 Å². The van der Waals surface area contributed by atoms with E-state index in [4.69, 9.17) is 10.5 Å².